The van der Waals surface area contributed by atoms with Gasteiger partial charge in [-0.3, -0.25) is 14.2 Å². The fourth-order valence-electron chi connectivity index (χ4n) is 3.42. The minimum Gasteiger partial charge on any atom is -0.333 e. The summed E-state index contributed by atoms with van der Waals surface area (Å²) in [5.74, 6) is 0.705. The first kappa shape index (κ1) is 21.4. The Hall–Kier alpha value is -1.88. The van der Waals surface area contributed by atoms with Crippen LogP contribution in [0.5, 0.6) is 0 Å². The van der Waals surface area contributed by atoms with Crippen molar-refractivity contribution in [1.29, 1.82) is 0 Å². The van der Waals surface area contributed by atoms with Crippen molar-refractivity contribution in [2.24, 2.45) is 0 Å². The van der Waals surface area contributed by atoms with Gasteiger partial charge in [-0.25, -0.2) is 4.98 Å². The Kier molecular flexibility index (Phi) is 7.84. The van der Waals surface area contributed by atoms with Gasteiger partial charge in [0, 0.05) is 24.5 Å². The van der Waals surface area contributed by atoms with Crippen molar-refractivity contribution in [1.82, 2.24) is 14.5 Å². The van der Waals surface area contributed by atoms with Gasteiger partial charge in [0.1, 0.15) is 5.82 Å². The summed E-state index contributed by atoms with van der Waals surface area (Å²) in [5, 5.41) is 1.09. The minimum atomic E-state index is -0.268. The number of carbonyl (C=O) groups excluding carboxylic acids is 1. The van der Waals surface area contributed by atoms with Crippen LogP contribution in [0.3, 0.4) is 0 Å². The zero-order valence-electron chi connectivity index (χ0n) is 16.8. The molecule has 0 radical (unpaired) electrons. The highest BCUT2D eigenvalue weighted by atomic mass is 35.5. The third-order valence-electron chi connectivity index (χ3n) is 4.98. The van der Waals surface area contributed by atoms with E-state index in [1.54, 1.807) is 22.8 Å². The Balaban J connectivity index is 2.46. The Bertz CT molecular complexity index is 847. The summed E-state index contributed by atoms with van der Waals surface area (Å²) in [7, 11) is 0. The molecule has 5 nitrogen and oxygen atoms in total. The van der Waals surface area contributed by atoms with Crippen molar-refractivity contribution in [2.45, 2.75) is 72.4 Å². The highest BCUT2D eigenvalue weighted by Crippen LogP contribution is 2.23. The molecule has 6 heteroatoms. The van der Waals surface area contributed by atoms with Crippen LogP contribution in [0.1, 0.15) is 71.7 Å². The molecule has 2 aromatic rings. The molecule has 1 amide bonds. The normalized spacial score (nSPS) is 12.3. The lowest BCUT2D eigenvalue weighted by Crippen LogP contribution is -2.38. The van der Waals surface area contributed by atoms with Crippen LogP contribution in [0.4, 0.5) is 0 Å². The van der Waals surface area contributed by atoms with Gasteiger partial charge in [-0.1, -0.05) is 44.7 Å². The maximum Gasteiger partial charge on any atom is 0.261 e. The molecule has 0 saturated heterocycles. The average Bonchev–Trinajstić information content (AvgIpc) is 2.66. The quantitative estimate of drug-likeness (QED) is 0.568. The first-order valence-electron chi connectivity index (χ1n) is 9.93. The summed E-state index contributed by atoms with van der Waals surface area (Å²) in [5.41, 5.74) is 0.491. The van der Waals surface area contributed by atoms with Crippen LogP contribution < -0.4 is 5.56 Å². The first-order valence-corrected chi connectivity index (χ1v) is 10.3. The number of fused-ring (bicyclic) bond motifs is 1. The van der Waals surface area contributed by atoms with E-state index in [1.165, 1.54) is 0 Å². The second kappa shape index (κ2) is 9.88. The average molecular weight is 392 g/mol. The number of halogens is 1. The van der Waals surface area contributed by atoms with Gasteiger partial charge in [0.2, 0.25) is 5.91 Å². The fourth-order valence-corrected chi connectivity index (χ4v) is 3.59. The van der Waals surface area contributed by atoms with Crippen LogP contribution in [0, 0.1) is 0 Å². The molecule has 0 saturated carbocycles. The fraction of sp³-hybridized carbons (Fsp3) is 0.571. The molecule has 1 atom stereocenters. The third-order valence-corrected chi connectivity index (χ3v) is 5.21. The van der Waals surface area contributed by atoms with Gasteiger partial charge in [-0.05, 0) is 38.5 Å². The second-order valence-corrected chi connectivity index (χ2v) is 7.29. The summed E-state index contributed by atoms with van der Waals surface area (Å²) >= 11 is 6.10. The molecular weight excluding hydrogens is 362 g/mol. The van der Waals surface area contributed by atoms with Gasteiger partial charge < -0.3 is 4.90 Å². The molecule has 0 aliphatic heterocycles. The Morgan fingerprint density at radius 3 is 2.59 bits per heavy atom. The maximum atomic E-state index is 12.9. The van der Waals surface area contributed by atoms with Crippen molar-refractivity contribution in [3.63, 3.8) is 0 Å². The van der Waals surface area contributed by atoms with Gasteiger partial charge in [0.25, 0.3) is 5.56 Å². The molecule has 1 heterocycles. The molecule has 0 spiro atoms. The predicted octanol–water partition coefficient (Wildman–Crippen LogP) is 4.95. The largest absolute Gasteiger partial charge is 0.333 e. The molecule has 2 rings (SSSR count). The standard InChI is InChI=1S/C21H30ClN3O2/c1-5-8-9-10-13-25(19(26)6-2)15(4)20-23-18-14-16(22)11-12-17(18)21(27)24(20)7-3/h11-12,14-15H,5-10,13H2,1-4H3. The lowest BCUT2D eigenvalue weighted by Gasteiger charge is -2.30. The highest BCUT2D eigenvalue weighted by Gasteiger charge is 2.24. The molecule has 148 valence electrons. The topological polar surface area (TPSA) is 55.2 Å². The lowest BCUT2D eigenvalue weighted by atomic mass is 10.1. The van der Waals surface area contributed by atoms with Gasteiger partial charge in [-0.15, -0.1) is 0 Å². The van der Waals surface area contributed by atoms with Gasteiger partial charge in [0.05, 0.1) is 16.9 Å². The summed E-state index contributed by atoms with van der Waals surface area (Å²) in [4.78, 5) is 32.1. The SMILES string of the molecule is CCCCCCN(C(=O)CC)C(C)c1nc2cc(Cl)ccc2c(=O)n1CC. The van der Waals surface area contributed by atoms with Crippen molar-refractivity contribution in [2.75, 3.05) is 6.54 Å². The molecule has 0 aliphatic carbocycles. The van der Waals surface area contributed by atoms with Crippen LogP contribution in [-0.4, -0.2) is 26.9 Å². The lowest BCUT2D eigenvalue weighted by molar-refractivity contribution is -0.133. The number of aromatic nitrogens is 2. The summed E-state index contributed by atoms with van der Waals surface area (Å²) < 4.78 is 1.67. The van der Waals surface area contributed by atoms with Crippen molar-refractivity contribution >= 4 is 28.4 Å². The van der Waals surface area contributed by atoms with Crippen molar-refractivity contribution in [3.05, 3.63) is 39.4 Å². The first-order chi connectivity index (χ1) is 12.9. The summed E-state index contributed by atoms with van der Waals surface area (Å²) in [6.45, 7) is 9.11. The molecule has 1 unspecified atom stereocenters. The highest BCUT2D eigenvalue weighted by molar-refractivity contribution is 6.31. The van der Waals surface area contributed by atoms with E-state index >= 15 is 0 Å². The van der Waals surface area contributed by atoms with Gasteiger partial charge in [0.15, 0.2) is 0 Å². The zero-order chi connectivity index (χ0) is 20.0. The molecular formula is C21H30ClN3O2. The maximum absolute atomic E-state index is 12.9. The van der Waals surface area contributed by atoms with E-state index in [2.05, 4.69) is 6.92 Å². The number of hydrogen-bond acceptors (Lipinski definition) is 3. The number of hydrogen-bond donors (Lipinski definition) is 0. The molecule has 27 heavy (non-hydrogen) atoms. The van der Waals surface area contributed by atoms with E-state index in [-0.39, 0.29) is 17.5 Å². The Labute approximate surface area is 166 Å². The number of rotatable bonds is 9. The molecule has 0 aliphatic rings. The van der Waals surface area contributed by atoms with Crippen LogP contribution in [0.2, 0.25) is 5.02 Å². The number of carbonyl (C=O) groups is 1. The number of nitrogens with zero attached hydrogens (tertiary/aromatic N) is 3. The number of unbranched alkanes of at least 4 members (excludes halogenated alkanes) is 3. The van der Waals surface area contributed by atoms with Crippen LogP contribution in [0.25, 0.3) is 10.9 Å². The molecule has 0 fully saturated rings. The molecule has 0 bridgehead atoms. The second-order valence-electron chi connectivity index (χ2n) is 6.86. The van der Waals surface area contributed by atoms with E-state index in [9.17, 15) is 9.59 Å². The minimum absolute atomic E-state index is 0.0853. The zero-order valence-corrected chi connectivity index (χ0v) is 17.6. The number of amides is 1. The molecule has 1 aromatic carbocycles. The van der Waals surface area contributed by atoms with Gasteiger partial charge >= 0.3 is 0 Å². The van der Waals surface area contributed by atoms with Crippen molar-refractivity contribution in [3.8, 4) is 0 Å². The monoisotopic (exact) mass is 391 g/mol. The van der Waals surface area contributed by atoms with E-state index in [1.807, 2.05) is 25.7 Å². The van der Waals surface area contributed by atoms with Crippen LogP contribution in [-0.2, 0) is 11.3 Å². The van der Waals surface area contributed by atoms with E-state index < -0.39 is 0 Å². The summed E-state index contributed by atoms with van der Waals surface area (Å²) in [6.07, 6.45) is 4.81. The third kappa shape index (κ3) is 4.89. The van der Waals surface area contributed by atoms with E-state index in [0.717, 1.165) is 25.7 Å². The number of benzene rings is 1. The van der Waals surface area contributed by atoms with E-state index in [4.69, 9.17) is 16.6 Å². The Morgan fingerprint density at radius 1 is 1.22 bits per heavy atom. The molecule has 1 aromatic heterocycles. The van der Waals surface area contributed by atoms with Crippen LogP contribution >= 0.6 is 11.6 Å². The smallest absolute Gasteiger partial charge is 0.261 e. The Morgan fingerprint density at radius 2 is 1.96 bits per heavy atom. The van der Waals surface area contributed by atoms with E-state index in [0.29, 0.717) is 41.3 Å². The van der Waals surface area contributed by atoms with Gasteiger partial charge in [-0.2, -0.15) is 0 Å². The van der Waals surface area contributed by atoms with Crippen molar-refractivity contribution < 1.29 is 4.79 Å². The van der Waals surface area contributed by atoms with Crippen LogP contribution in [0.15, 0.2) is 23.0 Å². The predicted molar refractivity (Wildman–Crippen MR) is 111 cm³/mol. The molecule has 0 N–H and O–H groups in total. The summed E-state index contributed by atoms with van der Waals surface area (Å²) in [6, 6.07) is 4.86.